The Morgan fingerprint density at radius 2 is 2.17 bits per heavy atom. The number of Topliss-reactive ketones (excluding diaryl/α,β-unsaturated/α-hetero) is 1. The third kappa shape index (κ3) is 2.49. The maximum atomic E-state index is 12.3. The number of methoxy groups -OCH3 is 1. The average molecular weight is 266 g/mol. The molecule has 96 valence electrons. The fraction of sp³-hybridized carbons (Fsp3) is 0.429. The normalized spacial score (nSPS) is 11.8. The van der Waals surface area contributed by atoms with Gasteiger partial charge in [0, 0.05) is 5.02 Å². The lowest BCUT2D eigenvalue weighted by Gasteiger charge is -2.15. The van der Waals surface area contributed by atoms with E-state index in [1.807, 2.05) is 19.9 Å². The first-order valence-electron chi connectivity index (χ1n) is 5.75. The third-order valence-corrected chi connectivity index (χ3v) is 3.57. The molecule has 1 atom stereocenters. The summed E-state index contributed by atoms with van der Waals surface area (Å²) >= 11 is 6.16. The van der Waals surface area contributed by atoms with E-state index in [0.717, 1.165) is 5.56 Å². The molecule has 0 N–H and O–H groups in total. The van der Waals surface area contributed by atoms with E-state index >= 15 is 0 Å². The first-order valence-corrected chi connectivity index (χ1v) is 6.13. The van der Waals surface area contributed by atoms with Crippen molar-refractivity contribution < 1.29 is 9.53 Å². The second-order valence-electron chi connectivity index (χ2n) is 4.16. The van der Waals surface area contributed by atoms with Gasteiger partial charge in [-0.15, -0.1) is 0 Å². The van der Waals surface area contributed by atoms with Gasteiger partial charge >= 0.3 is 0 Å². The van der Waals surface area contributed by atoms with Crippen LogP contribution in [0.2, 0.25) is 5.02 Å². The number of ketones is 1. The topological polar surface area (TPSA) is 50.1 Å². The van der Waals surface area contributed by atoms with Gasteiger partial charge in [-0.05, 0) is 37.5 Å². The Kier molecular flexibility index (Phi) is 4.75. The number of halogens is 1. The van der Waals surface area contributed by atoms with Crippen molar-refractivity contribution in [1.82, 2.24) is 0 Å². The molecule has 0 bridgehead atoms. The van der Waals surface area contributed by atoms with Gasteiger partial charge in [-0.2, -0.15) is 5.26 Å². The molecule has 0 saturated carbocycles. The summed E-state index contributed by atoms with van der Waals surface area (Å²) in [6, 6.07) is 3.74. The number of hydrogen-bond donors (Lipinski definition) is 0. The first-order chi connectivity index (χ1) is 8.47. The maximum Gasteiger partial charge on any atom is 0.184 e. The molecule has 0 spiro atoms. The highest BCUT2D eigenvalue weighted by Gasteiger charge is 2.25. The van der Waals surface area contributed by atoms with Gasteiger partial charge in [0.15, 0.2) is 5.78 Å². The molecule has 18 heavy (non-hydrogen) atoms. The molecule has 1 rings (SSSR count). The molecule has 0 radical (unpaired) electrons. The number of benzene rings is 1. The quantitative estimate of drug-likeness (QED) is 0.780. The Morgan fingerprint density at radius 3 is 2.61 bits per heavy atom. The number of ether oxygens (including phenoxy) is 1. The van der Waals surface area contributed by atoms with Gasteiger partial charge in [-0.3, -0.25) is 4.79 Å². The highest BCUT2D eigenvalue weighted by atomic mass is 35.5. The van der Waals surface area contributed by atoms with E-state index < -0.39 is 5.92 Å². The van der Waals surface area contributed by atoms with Crippen molar-refractivity contribution in [2.75, 3.05) is 7.11 Å². The third-order valence-electron chi connectivity index (χ3n) is 2.99. The van der Waals surface area contributed by atoms with Crippen molar-refractivity contribution >= 4 is 17.4 Å². The average Bonchev–Trinajstić information content (AvgIpc) is 2.36. The molecule has 1 aromatic rings. The zero-order valence-electron chi connectivity index (χ0n) is 11.0. The fourth-order valence-corrected chi connectivity index (χ4v) is 2.05. The zero-order chi connectivity index (χ0) is 13.9. The molecule has 1 aromatic carbocycles. The van der Waals surface area contributed by atoms with E-state index in [2.05, 4.69) is 0 Å². The Bertz CT molecular complexity index is 518. The number of rotatable bonds is 4. The second kappa shape index (κ2) is 5.88. The van der Waals surface area contributed by atoms with Gasteiger partial charge < -0.3 is 4.74 Å². The van der Waals surface area contributed by atoms with Crippen LogP contribution in [-0.2, 0) is 0 Å². The van der Waals surface area contributed by atoms with Crippen LogP contribution in [-0.4, -0.2) is 12.9 Å². The number of hydrogen-bond acceptors (Lipinski definition) is 3. The van der Waals surface area contributed by atoms with Crippen LogP contribution in [0.4, 0.5) is 0 Å². The molecule has 0 aliphatic heterocycles. The summed E-state index contributed by atoms with van der Waals surface area (Å²) in [5.41, 5.74) is 1.95. The minimum absolute atomic E-state index is 0.226. The van der Waals surface area contributed by atoms with Gasteiger partial charge in [0.1, 0.15) is 11.7 Å². The number of nitriles is 1. The highest BCUT2D eigenvalue weighted by Crippen LogP contribution is 2.33. The van der Waals surface area contributed by atoms with Crippen LogP contribution in [0.25, 0.3) is 0 Å². The molecule has 0 amide bonds. The number of aryl methyl sites for hydroxylation is 1. The molecule has 1 unspecified atom stereocenters. The van der Waals surface area contributed by atoms with Crippen LogP contribution in [0, 0.1) is 31.1 Å². The van der Waals surface area contributed by atoms with E-state index in [0.29, 0.717) is 28.3 Å². The Labute approximate surface area is 112 Å². The van der Waals surface area contributed by atoms with E-state index in [1.165, 1.54) is 7.11 Å². The Balaban J connectivity index is 3.45. The van der Waals surface area contributed by atoms with Gasteiger partial charge in [-0.25, -0.2) is 0 Å². The Morgan fingerprint density at radius 1 is 1.56 bits per heavy atom. The predicted octanol–water partition coefficient (Wildman–Crippen LogP) is 3.70. The second-order valence-corrected chi connectivity index (χ2v) is 4.54. The molecule has 0 fully saturated rings. The van der Waals surface area contributed by atoms with Gasteiger partial charge in [0.25, 0.3) is 0 Å². The van der Waals surface area contributed by atoms with Gasteiger partial charge in [0.2, 0.25) is 0 Å². The van der Waals surface area contributed by atoms with Crippen LogP contribution < -0.4 is 4.74 Å². The summed E-state index contributed by atoms with van der Waals surface area (Å²) < 4.78 is 5.23. The van der Waals surface area contributed by atoms with Gasteiger partial charge in [-0.1, -0.05) is 18.5 Å². The standard InChI is InChI=1S/C14H16ClNO2/c1-5-10(7-16)14(17)12-9(3)13(15)8(2)6-11(12)18-4/h6,10H,5H2,1-4H3. The van der Waals surface area contributed by atoms with Gasteiger partial charge in [0.05, 0.1) is 18.7 Å². The van der Waals surface area contributed by atoms with Crippen LogP contribution in [0.3, 0.4) is 0 Å². The van der Waals surface area contributed by atoms with Crippen LogP contribution in [0.5, 0.6) is 5.75 Å². The SMILES string of the molecule is CCC(C#N)C(=O)c1c(OC)cc(C)c(Cl)c1C. The molecule has 0 aliphatic carbocycles. The summed E-state index contributed by atoms with van der Waals surface area (Å²) in [4.78, 5) is 12.3. The smallest absolute Gasteiger partial charge is 0.184 e. The molecule has 0 aromatic heterocycles. The lowest BCUT2D eigenvalue weighted by molar-refractivity contribution is 0.0943. The summed E-state index contributed by atoms with van der Waals surface area (Å²) in [7, 11) is 1.51. The largest absolute Gasteiger partial charge is 0.496 e. The van der Waals surface area contributed by atoms with Crippen molar-refractivity contribution in [3.63, 3.8) is 0 Å². The molecule has 0 saturated heterocycles. The monoisotopic (exact) mass is 265 g/mol. The molecule has 3 nitrogen and oxygen atoms in total. The molecular formula is C14H16ClNO2. The number of nitrogens with zero attached hydrogens (tertiary/aromatic N) is 1. The Hall–Kier alpha value is -1.53. The number of carbonyl (C=O) groups is 1. The van der Waals surface area contributed by atoms with E-state index in [4.69, 9.17) is 21.6 Å². The van der Waals surface area contributed by atoms with E-state index in [1.54, 1.807) is 13.0 Å². The molecule has 4 heteroatoms. The minimum Gasteiger partial charge on any atom is -0.496 e. The minimum atomic E-state index is -0.656. The fourth-order valence-electron chi connectivity index (χ4n) is 1.90. The van der Waals surface area contributed by atoms with E-state index in [9.17, 15) is 4.79 Å². The van der Waals surface area contributed by atoms with Crippen molar-refractivity contribution in [3.05, 3.63) is 27.8 Å². The van der Waals surface area contributed by atoms with Crippen LogP contribution in [0.15, 0.2) is 6.07 Å². The molecular weight excluding hydrogens is 250 g/mol. The zero-order valence-corrected chi connectivity index (χ0v) is 11.8. The van der Waals surface area contributed by atoms with Crippen molar-refractivity contribution in [2.24, 2.45) is 5.92 Å². The summed E-state index contributed by atoms with van der Waals surface area (Å²) in [5, 5.41) is 9.54. The number of carbonyl (C=O) groups excluding carboxylic acids is 1. The summed E-state index contributed by atoms with van der Waals surface area (Å²) in [5.74, 6) is -0.402. The predicted molar refractivity (Wildman–Crippen MR) is 71.2 cm³/mol. The van der Waals surface area contributed by atoms with E-state index in [-0.39, 0.29) is 5.78 Å². The molecule has 0 heterocycles. The first kappa shape index (κ1) is 14.5. The highest BCUT2D eigenvalue weighted by molar-refractivity contribution is 6.32. The van der Waals surface area contributed by atoms with Crippen LogP contribution >= 0.6 is 11.6 Å². The van der Waals surface area contributed by atoms with Crippen molar-refractivity contribution in [2.45, 2.75) is 27.2 Å². The molecule has 0 aliphatic rings. The maximum absolute atomic E-state index is 12.3. The van der Waals surface area contributed by atoms with Crippen molar-refractivity contribution in [1.29, 1.82) is 5.26 Å². The lowest BCUT2D eigenvalue weighted by Crippen LogP contribution is -2.15. The summed E-state index contributed by atoms with van der Waals surface area (Å²) in [6.45, 7) is 5.44. The summed E-state index contributed by atoms with van der Waals surface area (Å²) in [6.07, 6.45) is 0.476. The van der Waals surface area contributed by atoms with Crippen LogP contribution in [0.1, 0.15) is 34.8 Å². The lowest BCUT2D eigenvalue weighted by atomic mass is 9.92. The van der Waals surface area contributed by atoms with Crippen molar-refractivity contribution in [3.8, 4) is 11.8 Å².